The van der Waals surface area contributed by atoms with E-state index < -0.39 is 6.10 Å². The lowest BCUT2D eigenvalue weighted by Crippen LogP contribution is -2.37. The van der Waals surface area contributed by atoms with Gasteiger partial charge in [-0.2, -0.15) is 4.98 Å². The van der Waals surface area contributed by atoms with Gasteiger partial charge in [0.05, 0.1) is 6.54 Å². The van der Waals surface area contributed by atoms with Gasteiger partial charge in [0, 0.05) is 5.56 Å². The van der Waals surface area contributed by atoms with Crippen LogP contribution in [0.4, 0.5) is 0 Å². The Morgan fingerprint density at radius 2 is 1.89 bits per heavy atom. The predicted octanol–water partition coefficient (Wildman–Crippen LogP) is 4.14. The highest BCUT2D eigenvalue weighted by atomic mass is 16.5. The monoisotopic (exact) mass is 379 g/mol. The molecule has 6 heteroatoms. The summed E-state index contributed by atoms with van der Waals surface area (Å²) in [4.78, 5) is 16.9. The van der Waals surface area contributed by atoms with Gasteiger partial charge in [0.1, 0.15) is 5.75 Å². The van der Waals surface area contributed by atoms with E-state index in [2.05, 4.69) is 15.5 Å². The SMILES string of the molecule is CCC(Oc1cccc(C)c1C)C(=O)NCc1nc(-c2ccc(C)cc2)no1. The highest BCUT2D eigenvalue weighted by Crippen LogP contribution is 2.22. The fourth-order valence-corrected chi connectivity index (χ4v) is 2.75. The van der Waals surface area contributed by atoms with Gasteiger partial charge in [0.2, 0.25) is 11.7 Å². The summed E-state index contributed by atoms with van der Waals surface area (Å²) < 4.78 is 11.2. The van der Waals surface area contributed by atoms with Crippen molar-refractivity contribution in [2.75, 3.05) is 0 Å². The maximum absolute atomic E-state index is 12.5. The molecule has 1 atom stereocenters. The zero-order valence-corrected chi connectivity index (χ0v) is 16.7. The van der Waals surface area contributed by atoms with Crippen LogP contribution in [-0.4, -0.2) is 22.2 Å². The molecule has 0 saturated heterocycles. The second-order valence-corrected chi connectivity index (χ2v) is 6.81. The number of nitrogens with zero attached hydrogens (tertiary/aromatic N) is 2. The number of amides is 1. The summed E-state index contributed by atoms with van der Waals surface area (Å²) in [6.07, 6.45) is -0.0301. The number of carbonyl (C=O) groups excluding carboxylic acids is 1. The minimum Gasteiger partial charge on any atom is -0.480 e. The van der Waals surface area contributed by atoms with Crippen LogP contribution in [0.1, 0.15) is 35.9 Å². The van der Waals surface area contributed by atoms with Crippen LogP contribution in [0.3, 0.4) is 0 Å². The highest BCUT2D eigenvalue weighted by Gasteiger charge is 2.20. The van der Waals surface area contributed by atoms with Crippen molar-refractivity contribution in [3.05, 3.63) is 65.0 Å². The first-order chi connectivity index (χ1) is 13.5. The Balaban J connectivity index is 1.61. The Morgan fingerprint density at radius 1 is 1.14 bits per heavy atom. The molecular formula is C22H25N3O3. The summed E-state index contributed by atoms with van der Waals surface area (Å²) in [5.74, 6) is 1.37. The van der Waals surface area contributed by atoms with E-state index in [9.17, 15) is 4.79 Å². The molecule has 146 valence electrons. The van der Waals surface area contributed by atoms with Gasteiger partial charge in [-0.25, -0.2) is 0 Å². The first-order valence-electron chi connectivity index (χ1n) is 9.38. The molecule has 3 aromatic rings. The molecule has 1 amide bonds. The third kappa shape index (κ3) is 4.57. The van der Waals surface area contributed by atoms with Crippen molar-refractivity contribution >= 4 is 5.91 Å². The third-order valence-corrected chi connectivity index (χ3v) is 4.68. The van der Waals surface area contributed by atoms with Crippen LogP contribution in [0.15, 0.2) is 47.0 Å². The zero-order chi connectivity index (χ0) is 20.1. The molecular weight excluding hydrogens is 354 g/mol. The van der Waals surface area contributed by atoms with Crippen LogP contribution in [0, 0.1) is 20.8 Å². The van der Waals surface area contributed by atoms with Crippen molar-refractivity contribution in [3.63, 3.8) is 0 Å². The quantitative estimate of drug-likeness (QED) is 0.668. The van der Waals surface area contributed by atoms with Gasteiger partial charge in [-0.1, -0.05) is 54.0 Å². The van der Waals surface area contributed by atoms with Gasteiger partial charge < -0.3 is 14.6 Å². The number of nitrogens with one attached hydrogen (secondary N) is 1. The number of ether oxygens (including phenoxy) is 1. The smallest absolute Gasteiger partial charge is 0.261 e. The van der Waals surface area contributed by atoms with E-state index in [1.165, 1.54) is 0 Å². The number of carbonyl (C=O) groups is 1. The van der Waals surface area contributed by atoms with Crippen molar-refractivity contribution in [2.45, 2.75) is 46.8 Å². The van der Waals surface area contributed by atoms with E-state index in [1.54, 1.807) is 0 Å². The molecule has 0 radical (unpaired) electrons. The molecule has 1 unspecified atom stereocenters. The molecule has 0 fully saturated rings. The zero-order valence-electron chi connectivity index (χ0n) is 16.7. The van der Waals surface area contributed by atoms with E-state index >= 15 is 0 Å². The Kier molecular flexibility index (Phi) is 6.09. The largest absolute Gasteiger partial charge is 0.480 e. The van der Waals surface area contributed by atoms with Crippen LogP contribution in [0.5, 0.6) is 5.75 Å². The van der Waals surface area contributed by atoms with Crippen LogP contribution < -0.4 is 10.1 Å². The van der Waals surface area contributed by atoms with Crippen molar-refractivity contribution in [2.24, 2.45) is 0 Å². The van der Waals surface area contributed by atoms with Gasteiger partial charge in [0.25, 0.3) is 5.91 Å². The molecule has 0 aliphatic rings. The van der Waals surface area contributed by atoms with Crippen molar-refractivity contribution in [1.82, 2.24) is 15.5 Å². The molecule has 6 nitrogen and oxygen atoms in total. The Morgan fingerprint density at radius 3 is 2.61 bits per heavy atom. The first-order valence-corrected chi connectivity index (χ1v) is 9.38. The average molecular weight is 379 g/mol. The standard InChI is InChI=1S/C22H25N3O3/c1-5-18(27-19-8-6-7-15(3)16(19)4)22(26)23-13-20-24-21(25-28-20)17-11-9-14(2)10-12-17/h6-12,18H,5,13H2,1-4H3,(H,23,26). The summed E-state index contributed by atoms with van der Waals surface area (Å²) >= 11 is 0. The minimum absolute atomic E-state index is 0.157. The van der Waals surface area contributed by atoms with E-state index in [4.69, 9.17) is 9.26 Å². The second kappa shape index (κ2) is 8.69. The topological polar surface area (TPSA) is 77.2 Å². The molecule has 0 aliphatic carbocycles. The Hall–Kier alpha value is -3.15. The summed E-state index contributed by atoms with van der Waals surface area (Å²) in [5.41, 5.74) is 4.20. The summed E-state index contributed by atoms with van der Waals surface area (Å²) in [5, 5.41) is 6.80. The fraction of sp³-hybridized carbons (Fsp3) is 0.318. The summed E-state index contributed by atoms with van der Waals surface area (Å²) in [7, 11) is 0. The lowest BCUT2D eigenvalue weighted by atomic mass is 10.1. The van der Waals surface area contributed by atoms with E-state index in [1.807, 2.05) is 70.2 Å². The van der Waals surface area contributed by atoms with E-state index in [-0.39, 0.29) is 12.5 Å². The molecule has 0 saturated carbocycles. The first kappa shape index (κ1) is 19.6. The molecule has 0 bridgehead atoms. The van der Waals surface area contributed by atoms with Crippen molar-refractivity contribution in [1.29, 1.82) is 0 Å². The van der Waals surface area contributed by atoms with E-state index in [0.717, 1.165) is 28.0 Å². The lowest BCUT2D eigenvalue weighted by Gasteiger charge is -2.18. The van der Waals surface area contributed by atoms with Crippen LogP contribution in [0.25, 0.3) is 11.4 Å². The molecule has 1 heterocycles. The van der Waals surface area contributed by atoms with Gasteiger partial charge >= 0.3 is 0 Å². The molecule has 1 N–H and O–H groups in total. The van der Waals surface area contributed by atoms with Crippen molar-refractivity contribution < 1.29 is 14.1 Å². The van der Waals surface area contributed by atoms with Gasteiger partial charge in [0.15, 0.2) is 6.10 Å². The third-order valence-electron chi connectivity index (χ3n) is 4.68. The number of hydrogen-bond acceptors (Lipinski definition) is 5. The van der Waals surface area contributed by atoms with Crippen molar-refractivity contribution in [3.8, 4) is 17.1 Å². The van der Waals surface area contributed by atoms with E-state index in [0.29, 0.717) is 18.1 Å². The molecule has 1 aromatic heterocycles. The van der Waals surface area contributed by atoms with Crippen LogP contribution in [0.2, 0.25) is 0 Å². The number of aromatic nitrogens is 2. The maximum Gasteiger partial charge on any atom is 0.261 e. The number of benzene rings is 2. The summed E-state index contributed by atoms with van der Waals surface area (Å²) in [6, 6.07) is 13.7. The molecule has 28 heavy (non-hydrogen) atoms. The lowest BCUT2D eigenvalue weighted by molar-refractivity contribution is -0.128. The maximum atomic E-state index is 12.5. The Bertz CT molecular complexity index is 948. The van der Waals surface area contributed by atoms with Gasteiger partial charge in [-0.3, -0.25) is 4.79 Å². The van der Waals surface area contributed by atoms with Gasteiger partial charge in [-0.05, 0) is 44.4 Å². The van der Waals surface area contributed by atoms with Crippen LogP contribution >= 0.6 is 0 Å². The molecule has 3 rings (SSSR count). The molecule has 0 spiro atoms. The highest BCUT2D eigenvalue weighted by molar-refractivity contribution is 5.81. The normalized spacial score (nSPS) is 11.9. The summed E-state index contributed by atoms with van der Waals surface area (Å²) in [6.45, 7) is 8.10. The number of rotatable bonds is 7. The predicted molar refractivity (Wildman–Crippen MR) is 107 cm³/mol. The molecule has 0 aliphatic heterocycles. The average Bonchev–Trinajstić information content (AvgIpc) is 3.17. The minimum atomic E-state index is -0.583. The number of aryl methyl sites for hydroxylation is 2. The van der Waals surface area contributed by atoms with Crippen LogP contribution in [-0.2, 0) is 11.3 Å². The van der Waals surface area contributed by atoms with Gasteiger partial charge in [-0.15, -0.1) is 0 Å². The fourth-order valence-electron chi connectivity index (χ4n) is 2.75. The number of hydrogen-bond donors (Lipinski definition) is 1. The second-order valence-electron chi connectivity index (χ2n) is 6.81. The molecule has 2 aromatic carbocycles. The Labute approximate surface area is 164 Å².